The molecule has 0 aliphatic heterocycles. The number of hydrogen-bond acceptors (Lipinski definition) is 3. The predicted octanol–water partition coefficient (Wildman–Crippen LogP) is 3.12. The Morgan fingerprint density at radius 2 is 1.79 bits per heavy atom. The van der Waals surface area contributed by atoms with Gasteiger partial charge in [-0.15, -0.1) is 0 Å². The monoisotopic (exact) mass is 255 g/mol. The molecule has 0 unspecified atom stereocenters. The van der Waals surface area contributed by atoms with Gasteiger partial charge in [-0.05, 0) is 33.3 Å². The third kappa shape index (κ3) is 4.14. The van der Waals surface area contributed by atoms with Crippen LogP contribution in [0.2, 0.25) is 0 Å². The smallest absolute Gasteiger partial charge is 0.129 e. The Bertz CT molecular complexity index is 539. The first-order valence-electron chi connectivity index (χ1n) is 6.62. The SMILES string of the molecule is Cc1ccc(-c2ccnc(CCC(C)(C)N)n2)cc1. The number of nitrogens with zero attached hydrogens (tertiary/aromatic N) is 2. The lowest BCUT2D eigenvalue weighted by Crippen LogP contribution is -2.32. The predicted molar refractivity (Wildman–Crippen MR) is 78.8 cm³/mol. The Labute approximate surface area is 114 Å². The van der Waals surface area contributed by atoms with E-state index in [1.165, 1.54) is 5.56 Å². The average Bonchev–Trinajstić information content (AvgIpc) is 2.37. The first kappa shape index (κ1) is 13.7. The summed E-state index contributed by atoms with van der Waals surface area (Å²) in [6.07, 6.45) is 3.51. The molecule has 2 aromatic rings. The minimum atomic E-state index is -0.177. The van der Waals surface area contributed by atoms with Gasteiger partial charge < -0.3 is 5.73 Å². The summed E-state index contributed by atoms with van der Waals surface area (Å²) in [7, 11) is 0. The van der Waals surface area contributed by atoms with Crippen molar-refractivity contribution in [3.05, 3.63) is 47.9 Å². The van der Waals surface area contributed by atoms with E-state index in [4.69, 9.17) is 5.73 Å². The van der Waals surface area contributed by atoms with Gasteiger partial charge >= 0.3 is 0 Å². The average molecular weight is 255 g/mol. The lowest BCUT2D eigenvalue weighted by Gasteiger charge is -2.17. The number of aryl methyl sites for hydroxylation is 2. The van der Waals surface area contributed by atoms with Gasteiger partial charge in [-0.3, -0.25) is 0 Å². The minimum absolute atomic E-state index is 0.177. The maximum absolute atomic E-state index is 5.99. The van der Waals surface area contributed by atoms with E-state index in [0.29, 0.717) is 0 Å². The second kappa shape index (κ2) is 5.49. The molecule has 0 atom stereocenters. The minimum Gasteiger partial charge on any atom is -0.326 e. The van der Waals surface area contributed by atoms with Crippen LogP contribution in [0.15, 0.2) is 36.5 Å². The van der Waals surface area contributed by atoms with Crippen molar-refractivity contribution in [2.45, 2.75) is 39.2 Å². The van der Waals surface area contributed by atoms with Gasteiger partial charge in [0, 0.05) is 23.7 Å². The zero-order chi connectivity index (χ0) is 13.9. The Morgan fingerprint density at radius 3 is 2.42 bits per heavy atom. The van der Waals surface area contributed by atoms with Crippen LogP contribution in [0.25, 0.3) is 11.3 Å². The van der Waals surface area contributed by atoms with E-state index in [9.17, 15) is 0 Å². The van der Waals surface area contributed by atoms with Crippen LogP contribution in [0.5, 0.6) is 0 Å². The van der Waals surface area contributed by atoms with Gasteiger partial charge in [-0.25, -0.2) is 9.97 Å². The van der Waals surface area contributed by atoms with Gasteiger partial charge in [-0.2, -0.15) is 0 Å². The largest absolute Gasteiger partial charge is 0.326 e. The van der Waals surface area contributed by atoms with Crippen molar-refractivity contribution in [2.75, 3.05) is 0 Å². The molecule has 0 fully saturated rings. The van der Waals surface area contributed by atoms with E-state index in [1.54, 1.807) is 0 Å². The summed E-state index contributed by atoms with van der Waals surface area (Å²) < 4.78 is 0. The molecular weight excluding hydrogens is 234 g/mol. The summed E-state index contributed by atoms with van der Waals surface area (Å²) in [6, 6.07) is 10.3. The van der Waals surface area contributed by atoms with Crippen molar-refractivity contribution < 1.29 is 0 Å². The van der Waals surface area contributed by atoms with Crippen molar-refractivity contribution in [1.82, 2.24) is 9.97 Å². The van der Waals surface area contributed by atoms with E-state index in [-0.39, 0.29) is 5.54 Å². The standard InChI is InChI=1S/C16H21N3/c1-12-4-6-13(7-5-12)14-9-11-18-15(19-14)8-10-16(2,3)17/h4-7,9,11H,8,10,17H2,1-3H3. The van der Waals surface area contributed by atoms with E-state index < -0.39 is 0 Å². The second-order valence-electron chi connectivity index (χ2n) is 5.71. The first-order chi connectivity index (χ1) is 8.94. The summed E-state index contributed by atoms with van der Waals surface area (Å²) in [6.45, 7) is 6.13. The van der Waals surface area contributed by atoms with E-state index in [0.717, 1.165) is 29.9 Å². The highest BCUT2D eigenvalue weighted by Gasteiger charge is 2.11. The van der Waals surface area contributed by atoms with Gasteiger partial charge in [0.1, 0.15) is 5.82 Å². The van der Waals surface area contributed by atoms with E-state index in [1.807, 2.05) is 26.1 Å². The van der Waals surface area contributed by atoms with Crippen LogP contribution in [-0.2, 0) is 6.42 Å². The van der Waals surface area contributed by atoms with E-state index >= 15 is 0 Å². The molecule has 0 amide bonds. The second-order valence-corrected chi connectivity index (χ2v) is 5.71. The van der Waals surface area contributed by atoms with Crippen LogP contribution in [0, 0.1) is 6.92 Å². The molecule has 2 N–H and O–H groups in total. The van der Waals surface area contributed by atoms with Crippen LogP contribution in [0.4, 0.5) is 0 Å². The molecule has 0 saturated carbocycles. The van der Waals surface area contributed by atoms with Crippen molar-refractivity contribution in [3.63, 3.8) is 0 Å². The third-order valence-corrected chi connectivity index (χ3v) is 3.05. The molecular formula is C16H21N3. The third-order valence-electron chi connectivity index (χ3n) is 3.05. The van der Waals surface area contributed by atoms with Crippen LogP contribution in [0.3, 0.4) is 0 Å². The number of benzene rings is 1. The van der Waals surface area contributed by atoms with Crippen LogP contribution in [0.1, 0.15) is 31.7 Å². The number of rotatable bonds is 4. The zero-order valence-electron chi connectivity index (χ0n) is 11.9. The van der Waals surface area contributed by atoms with Gasteiger partial charge in [-0.1, -0.05) is 29.8 Å². The normalized spacial score (nSPS) is 11.6. The summed E-state index contributed by atoms with van der Waals surface area (Å²) in [5.74, 6) is 0.858. The summed E-state index contributed by atoms with van der Waals surface area (Å²) in [5.41, 5.74) is 9.17. The number of hydrogen-bond donors (Lipinski definition) is 1. The lowest BCUT2D eigenvalue weighted by molar-refractivity contribution is 0.471. The number of nitrogens with two attached hydrogens (primary N) is 1. The Kier molecular flexibility index (Phi) is 3.96. The molecule has 100 valence electrons. The van der Waals surface area contributed by atoms with Crippen molar-refractivity contribution in [3.8, 4) is 11.3 Å². The van der Waals surface area contributed by atoms with Crippen LogP contribution < -0.4 is 5.73 Å². The quantitative estimate of drug-likeness (QED) is 0.913. The van der Waals surface area contributed by atoms with Gasteiger partial charge in [0.2, 0.25) is 0 Å². The van der Waals surface area contributed by atoms with Gasteiger partial charge in [0.05, 0.1) is 5.69 Å². The maximum atomic E-state index is 5.99. The summed E-state index contributed by atoms with van der Waals surface area (Å²) >= 11 is 0. The molecule has 2 rings (SSSR count). The Hall–Kier alpha value is -1.74. The summed E-state index contributed by atoms with van der Waals surface area (Å²) in [4.78, 5) is 8.93. The molecule has 0 aliphatic carbocycles. The molecule has 0 radical (unpaired) electrons. The fourth-order valence-electron chi connectivity index (χ4n) is 1.84. The molecule has 1 aromatic carbocycles. The lowest BCUT2D eigenvalue weighted by atomic mass is 10.00. The van der Waals surface area contributed by atoms with Gasteiger partial charge in [0.15, 0.2) is 0 Å². The van der Waals surface area contributed by atoms with Crippen LogP contribution in [-0.4, -0.2) is 15.5 Å². The Balaban J connectivity index is 2.17. The topological polar surface area (TPSA) is 51.8 Å². The van der Waals surface area contributed by atoms with Gasteiger partial charge in [0.25, 0.3) is 0 Å². The summed E-state index contributed by atoms with van der Waals surface area (Å²) in [5, 5.41) is 0. The zero-order valence-corrected chi connectivity index (χ0v) is 11.9. The first-order valence-corrected chi connectivity index (χ1v) is 6.62. The highest BCUT2D eigenvalue weighted by Crippen LogP contribution is 2.17. The highest BCUT2D eigenvalue weighted by atomic mass is 14.9. The molecule has 0 spiro atoms. The molecule has 1 aromatic heterocycles. The number of aromatic nitrogens is 2. The molecule has 0 saturated heterocycles. The highest BCUT2D eigenvalue weighted by molar-refractivity contribution is 5.58. The molecule has 0 bridgehead atoms. The molecule has 3 nitrogen and oxygen atoms in total. The maximum Gasteiger partial charge on any atom is 0.129 e. The Morgan fingerprint density at radius 1 is 1.11 bits per heavy atom. The molecule has 19 heavy (non-hydrogen) atoms. The molecule has 3 heteroatoms. The van der Waals surface area contributed by atoms with E-state index in [2.05, 4.69) is 41.2 Å². The fourth-order valence-corrected chi connectivity index (χ4v) is 1.84. The van der Waals surface area contributed by atoms with Crippen molar-refractivity contribution in [2.24, 2.45) is 5.73 Å². The van der Waals surface area contributed by atoms with Crippen molar-refractivity contribution >= 4 is 0 Å². The molecule has 1 heterocycles. The molecule has 0 aliphatic rings. The van der Waals surface area contributed by atoms with Crippen LogP contribution >= 0.6 is 0 Å². The van der Waals surface area contributed by atoms with Crippen molar-refractivity contribution in [1.29, 1.82) is 0 Å². The fraction of sp³-hybridized carbons (Fsp3) is 0.375.